The fourth-order valence-electron chi connectivity index (χ4n) is 4.21. The van der Waals surface area contributed by atoms with Crippen molar-refractivity contribution >= 4 is 11.8 Å². The van der Waals surface area contributed by atoms with Gasteiger partial charge in [-0.1, -0.05) is 24.3 Å². The molecule has 0 bridgehead atoms. The molecule has 0 saturated carbocycles. The van der Waals surface area contributed by atoms with E-state index < -0.39 is 0 Å². The number of hydrogen-bond acceptors (Lipinski definition) is 5. The van der Waals surface area contributed by atoms with Crippen LogP contribution in [0.2, 0.25) is 0 Å². The summed E-state index contributed by atoms with van der Waals surface area (Å²) in [4.78, 5) is 29.4. The van der Waals surface area contributed by atoms with Gasteiger partial charge in [0.25, 0.3) is 0 Å². The number of piperidine rings is 1. The molecule has 2 aliphatic heterocycles. The van der Waals surface area contributed by atoms with Crippen LogP contribution in [0, 0.1) is 5.92 Å². The zero-order chi connectivity index (χ0) is 21.5. The average Bonchev–Trinajstić information content (AvgIpc) is 3.31. The Morgan fingerprint density at radius 2 is 1.94 bits per heavy atom. The van der Waals surface area contributed by atoms with Crippen LogP contribution < -0.4 is 5.32 Å². The molecule has 1 unspecified atom stereocenters. The van der Waals surface area contributed by atoms with E-state index in [1.54, 1.807) is 6.20 Å². The average molecular weight is 426 g/mol. The lowest BCUT2D eigenvalue weighted by Gasteiger charge is -2.34. The van der Waals surface area contributed by atoms with Crippen molar-refractivity contribution in [2.24, 2.45) is 5.92 Å². The Labute approximate surface area is 183 Å². The molecular formula is C23H31N5O3. The molecule has 0 radical (unpaired) electrons. The number of morpholine rings is 1. The van der Waals surface area contributed by atoms with Crippen LogP contribution in [-0.4, -0.2) is 77.3 Å². The van der Waals surface area contributed by atoms with E-state index in [1.807, 2.05) is 40.0 Å². The fraction of sp³-hybridized carbons (Fsp3) is 0.522. The zero-order valence-corrected chi connectivity index (χ0v) is 17.9. The number of likely N-dealkylation sites (tertiary alicyclic amines) is 1. The Morgan fingerprint density at radius 3 is 2.71 bits per heavy atom. The first-order valence-electron chi connectivity index (χ1n) is 11.1. The van der Waals surface area contributed by atoms with E-state index in [0.29, 0.717) is 39.0 Å². The molecule has 1 N–H and O–H groups in total. The Balaban J connectivity index is 1.29. The minimum absolute atomic E-state index is 0.0257. The summed E-state index contributed by atoms with van der Waals surface area (Å²) in [6, 6.07) is 10.00. The molecule has 8 heteroatoms. The van der Waals surface area contributed by atoms with E-state index in [1.165, 1.54) is 0 Å². The monoisotopic (exact) mass is 425 g/mol. The molecule has 1 aromatic carbocycles. The minimum Gasteiger partial charge on any atom is -0.379 e. The van der Waals surface area contributed by atoms with Crippen LogP contribution in [-0.2, 0) is 27.4 Å². The lowest BCUT2D eigenvalue weighted by molar-refractivity contribution is -0.138. The zero-order valence-electron chi connectivity index (χ0n) is 17.9. The molecule has 4 rings (SSSR count). The van der Waals surface area contributed by atoms with Crippen molar-refractivity contribution in [2.45, 2.75) is 25.9 Å². The Morgan fingerprint density at radius 1 is 1.13 bits per heavy atom. The molecule has 8 nitrogen and oxygen atoms in total. The number of ether oxygens (including phenoxy) is 1. The number of hydrogen-bond donors (Lipinski definition) is 1. The Hall–Kier alpha value is -2.71. The smallest absolute Gasteiger partial charge is 0.225 e. The van der Waals surface area contributed by atoms with Crippen molar-refractivity contribution in [3.63, 3.8) is 0 Å². The van der Waals surface area contributed by atoms with Crippen molar-refractivity contribution < 1.29 is 14.3 Å². The van der Waals surface area contributed by atoms with Gasteiger partial charge in [0.15, 0.2) is 0 Å². The van der Waals surface area contributed by atoms with Crippen LogP contribution >= 0.6 is 0 Å². The van der Waals surface area contributed by atoms with Crippen molar-refractivity contribution in [3.8, 4) is 0 Å². The number of benzene rings is 1. The van der Waals surface area contributed by atoms with Crippen LogP contribution in [0.3, 0.4) is 0 Å². The molecule has 166 valence electrons. The topological polar surface area (TPSA) is 79.7 Å². The number of amides is 2. The second kappa shape index (κ2) is 10.5. The highest BCUT2D eigenvalue weighted by Crippen LogP contribution is 2.18. The molecule has 0 aliphatic carbocycles. The number of nitrogens with zero attached hydrogens (tertiary/aromatic N) is 4. The second-order valence-corrected chi connectivity index (χ2v) is 8.22. The molecular weight excluding hydrogens is 394 g/mol. The van der Waals surface area contributed by atoms with Crippen molar-refractivity contribution in [1.82, 2.24) is 24.9 Å². The summed E-state index contributed by atoms with van der Waals surface area (Å²) in [6.45, 7) is 6.49. The SMILES string of the molecule is O=C(NCc1ccccc1Cn1cccn1)C1CCC(=O)N(CCN2CCOCC2)C1. The molecule has 0 spiro atoms. The Kier molecular flexibility index (Phi) is 7.32. The summed E-state index contributed by atoms with van der Waals surface area (Å²) in [6.07, 6.45) is 4.75. The normalized spacial score (nSPS) is 20.1. The molecule has 2 amide bonds. The van der Waals surface area contributed by atoms with Gasteiger partial charge in [-0.2, -0.15) is 5.10 Å². The van der Waals surface area contributed by atoms with E-state index >= 15 is 0 Å². The molecule has 2 aromatic rings. The van der Waals surface area contributed by atoms with Gasteiger partial charge in [-0.3, -0.25) is 19.2 Å². The number of rotatable bonds is 8. The highest BCUT2D eigenvalue weighted by atomic mass is 16.5. The van der Waals surface area contributed by atoms with Crippen molar-refractivity contribution in [3.05, 3.63) is 53.9 Å². The summed E-state index contributed by atoms with van der Waals surface area (Å²) < 4.78 is 7.26. The third kappa shape index (κ3) is 5.92. The lowest BCUT2D eigenvalue weighted by atomic mass is 9.96. The standard InChI is InChI=1S/C23H31N5O3/c29-22-7-6-21(17-27(22)11-10-26-12-14-31-15-13-26)23(30)24-16-19-4-1-2-5-20(19)18-28-9-3-8-25-28/h1-5,8-9,21H,6-7,10-18H2,(H,24,30). The highest BCUT2D eigenvalue weighted by molar-refractivity contribution is 5.83. The number of nitrogens with one attached hydrogen (secondary N) is 1. The lowest BCUT2D eigenvalue weighted by Crippen LogP contribution is -2.49. The molecule has 2 saturated heterocycles. The summed E-state index contributed by atoms with van der Waals surface area (Å²) in [5.74, 6) is 0.0281. The summed E-state index contributed by atoms with van der Waals surface area (Å²) in [7, 11) is 0. The molecule has 1 atom stereocenters. The third-order valence-electron chi connectivity index (χ3n) is 6.12. The van der Waals surface area contributed by atoms with Crippen LogP contribution in [0.4, 0.5) is 0 Å². The fourth-order valence-corrected chi connectivity index (χ4v) is 4.21. The third-order valence-corrected chi connectivity index (χ3v) is 6.12. The molecule has 3 heterocycles. The van der Waals surface area contributed by atoms with Crippen LogP contribution in [0.1, 0.15) is 24.0 Å². The first-order valence-corrected chi connectivity index (χ1v) is 11.1. The van der Waals surface area contributed by atoms with E-state index in [9.17, 15) is 9.59 Å². The van der Waals surface area contributed by atoms with E-state index in [0.717, 1.165) is 44.0 Å². The molecule has 2 fully saturated rings. The number of aromatic nitrogens is 2. The quantitative estimate of drug-likeness (QED) is 0.686. The molecule has 2 aliphatic rings. The van der Waals surface area contributed by atoms with Crippen molar-refractivity contribution in [2.75, 3.05) is 45.9 Å². The van der Waals surface area contributed by atoms with Gasteiger partial charge in [0.1, 0.15) is 0 Å². The number of carbonyl (C=O) groups is 2. The van der Waals surface area contributed by atoms with Gasteiger partial charge in [0, 0.05) is 58.1 Å². The summed E-state index contributed by atoms with van der Waals surface area (Å²) in [5, 5.41) is 7.37. The van der Waals surface area contributed by atoms with Crippen molar-refractivity contribution in [1.29, 1.82) is 0 Å². The summed E-state index contributed by atoms with van der Waals surface area (Å²) >= 11 is 0. The van der Waals surface area contributed by atoms with Gasteiger partial charge >= 0.3 is 0 Å². The predicted octanol–water partition coefficient (Wildman–Crippen LogP) is 1.12. The van der Waals surface area contributed by atoms with Crippen LogP contribution in [0.25, 0.3) is 0 Å². The van der Waals surface area contributed by atoms with Gasteiger partial charge in [-0.15, -0.1) is 0 Å². The second-order valence-electron chi connectivity index (χ2n) is 8.22. The van der Waals surface area contributed by atoms with Gasteiger partial charge < -0.3 is 15.0 Å². The van der Waals surface area contributed by atoms with E-state index in [2.05, 4.69) is 21.4 Å². The van der Waals surface area contributed by atoms with Gasteiger partial charge in [-0.25, -0.2) is 0 Å². The summed E-state index contributed by atoms with van der Waals surface area (Å²) in [5.41, 5.74) is 2.22. The molecule has 31 heavy (non-hydrogen) atoms. The first kappa shape index (κ1) is 21.5. The van der Waals surface area contributed by atoms with Gasteiger partial charge in [0.05, 0.1) is 25.7 Å². The maximum absolute atomic E-state index is 12.9. The predicted molar refractivity (Wildman–Crippen MR) is 116 cm³/mol. The van der Waals surface area contributed by atoms with Crippen LogP contribution in [0.5, 0.6) is 0 Å². The largest absolute Gasteiger partial charge is 0.379 e. The molecule has 1 aromatic heterocycles. The van der Waals surface area contributed by atoms with Gasteiger partial charge in [-0.05, 0) is 23.6 Å². The van der Waals surface area contributed by atoms with Gasteiger partial charge in [0.2, 0.25) is 11.8 Å². The minimum atomic E-state index is -0.152. The number of carbonyl (C=O) groups excluding carboxylic acids is 2. The Bertz CT molecular complexity index is 864. The van der Waals surface area contributed by atoms with Crippen LogP contribution in [0.15, 0.2) is 42.7 Å². The maximum atomic E-state index is 12.9. The maximum Gasteiger partial charge on any atom is 0.225 e. The van der Waals surface area contributed by atoms with E-state index in [-0.39, 0.29) is 17.7 Å². The van der Waals surface area contributed by atoms with E-state index in [4.69, 9.17) is 4.74 Å². The highest BCUT2D eigenvalue weighted by Gasteiger charge is 2.30. The first-order chi connectivity index (χ1) is 15.2.